The Balaban J connectivity index is 2.12. The Morgan fingerprint density at radius 3 is 2.59 bits per heavy atom. The average molecular weight is 390 g/mol. The van der Waals surface area contributed by atoms with E-state index in [4.69, 9.17) is 16.3 Å². The SMILES string of the molecule is Cc1nn(Cc2ccccc2Cl)c(C)c1/C=C/C(=O)O[C@@H](C)C(=O)N(C)C. The zero-order valence-electron chi connectivity index (χ0n) is 16.2. The maximum absolute atomic E-state index is 12.0. The molecule has 144 valence electrons. The van der Waals surface area contributed by atoms with Gasteiger partial charge in [-0.3, -0.25) is 9.48 Å². The second-order valence-corrected chi connectivity index (χ2v) is 6.89. The number of nitrogens with zero attached hydrogens (tertiary/aromatic N) is 3. The molecule has 1 aromatic carbocycles. The maximum atomic E-state index is 12.0. The van der Waals surface area contributed by atoms with Crippen LogP contribution >= 0.6 is 11.6 Å². The largest absolute Gasteiger partial charge is 0.449 e. The van der Waals surface area contributed by atoms with Gasteiger partial charge in [-0.15, -0.1) is 0 Å². The van der Waals surface area contributed by atoms with Crippen LogP contribution in [0.1, 0.15) is 29.4 Å². The van der Waals surface area contributed by atoms with E-state index in [9.17, 15) is 9.59 Å². The molecule has 0 aliphatic carbocycles. The summed E-state index contributed by atoms with van der Waals surface area (Å²) in [6.45, 7) is 5.89. The number of ether oxygens (including phenoxy) is 1. The molecule has 0 saturated carbocycles. The highest BCUT2D eigenvalue weighted by atomic mass is 35.5. The number of aryl methyl sites for hydroxylation is 1. The summed E-state index contributed by atoms with van der Waals surface area (Å²) in [4.78, 5) is 25.1. The van der Waals surface area contributed by atoms with Crippen molar-refractivity contribution in [2.45, 2.75) is 33.4 Å². The van der Waals surface area contributed by atoms with Gasteiger partial charge in [0.2, 0.25) is 0 Å². The number of esters is 1. The summed E-state index contributed by atoms with van der Waals surface area (Å²) in [5.41, 5.74) is 3.51. The minimum atomic E-state index is -0.831. The predicted molar refractivity (Wildman–Crippen MR) is 106 cm³/mol. The summed E-state index contributed by atoms with van der Waals surface area (Å²) in [5, 5.41) is 5.22. The summed E-state index contributed by atoms with van der Waals surface area (Å²) < 4.78 is 6.98. The smallest absolute Gasteiger partial charge is 0.331 e. The molecule has 0 fully saturated rings. The lowest BCUT2D eigenvalue weighted by Gasteiger charge is -2.16. The molecule has 7 heteroatoms. The molecule has 0 bridgehead atoms. The van der Waals surface area contributed by atoms with Crippen LogP contribution in [0.25, 0.3) is 6.08 Å². The third-order valence-electron chi connectivity index (χ3n) is 4.18. The molecule has 1 heterocycles. The lowest BCUT2D eigenvalue weighted by atomic mass is 10.1. The van der Waals surface area contributed by atoms with Crippen molar-refractivity contribution in [3.8, 4) is 0 Å². The number of halogens is 1. The van der Waals surface area contributed by atoms with Crippen LogP contribution in [0.3, 0.4) is 0 Å². The van der Waals surface area contributed by atoms with Crippen molar-refractivity contribution >= 4 is 29.6 Å². The first kappa shape index (κ1) is 20.7. The number of benzene rings is 1. The number of likely N-dealkylation sites (N-methyl/N-ethyl adjacent to an activating group) is 1. The molecule has 0 unspecified atom stereocenters. The van der Waals surface area contributed by atoms with Crippen LogP contribution in [0.2, 0.25) is 5.02 Å². The molecular formula is C20H24ClN3O3. The molecule has 0 aliphatic heterocycles. The fraction of sp³-hybridized carbons (Fsp3) is 0.350. The Labute approximate surface area is 164 Å². The molecule has 1 atom stereocenters. The third kappa shape index (κ3) is 5.20. The molecule has 2 rings (SSSR count). The van der Waals surface area contributed by atoms with Crippen LogP contribution in [0.15, 0.2) is 30.3 Å². The lowest BCUT2D eigenvalue weighted by molar-refractivity contribution is -0.153. The highest BCUT2D eigenvalue weighted by molar-refractivity contribution is 6.31. The topological polar surface area (TPSA) is 64.4 Å². The van der Waals surface area contributed by atoms with E-state index >= 15 is 0 Å². The van der Waals surface area contributed by atoms with Gasteiger partial charge in [0.05, 0.1) is 12.2 Å². The van der Waals surface area contributed by atoms with Crippen molar-refractivity contribution in [3.63, 3.8) is 0 Å². The summed E-state index contributed by atoms with van der Waals surface area (Å²) in [7, 11) is 3.23. The van der Waals surface area contributed by atoms with E-state index in [-0.39, 0.29) is 5.91 Å². The first-order valence-electron chi connectivity index (χ1n) is 8.58. The Bertz CT molecular complexity index is 871. The standard InChI is InChI=1S/C20H24ClN3O3/c1-13-17(10-11-19(25)27-15(3)20(26)23(4)5)14(2)24(22-13)12-16-8-6-7-9-18(16)21/h6-11,15H,12H2,1-5H3/b11-10+/t15-/m0/s1. The minimum Gasteiger partial charge on any atom is -0.449 e. The highest BCUT2D eigenvalue weighted by Crippen LogP contribution is 2.20. The van der Waals surface area contributed by atoms with Gasteiger partial charge in [0.1, 0.15) is 0 Å². The number of carbonyl (C=O) groups excluding carboxylic acids is 2. The molecule has 0 N–H and O–H groups in total. The van der Waals surface area contributed by atoms with Gasteiger partial charge in [-0.25, -0.2) is 4.79 Å². The van der Waals surface area contributed by atoms with E-state index in [1.807, 2.05) is 42.8 Å². The third-order valence-corrected chi connectivity index (χ3v) is 4.55. The maximum Gasteiger partial charge on any atom is 0.331 e. The molecule has 1 amide bonds. The van der Waals surface area contributed by atoms with Gasteiger partial charge in [0, 0.05) is 36.5 Å². The van der Waals surface area contributed by atoms with Crippen LogP contribution in [-0.2, 0) is 20.9 Å². The Kier molecular flexibility index (Phi) is 6.80. The molecule has 1 aromatic heterocycles. The van der Waals surface area contributed by atoms with E-state index in [1.54, 1.807) is 27.1 Å². The van der Waals surface area contributed by atoms with Gasteiger partial charge >= 0.3 is 5.97 Å². The Morgan fingerprint density at radius 1 is 1.30 bits per heavy atom. The molecule has 0 aliphatic rings. The number of carbonyl (C=O) groups is 2. The van der Waals surface area contributed by atoms with E-state index < -0.39 is 12.1 Å². The van der Waals surface area contributed by atoms with E-state index in [2.05, 4.69) is 5.10 Å². The zero-order chi connectivity index (χ0) is 20.1. The second-order valence-electron chi connectivity index (χ2n) is 6.48. The summed E-state index contributed by atoms with van der Waals surface area (Å²) >= 11 is 6.22. The normalized spacial score (nSPS) is 12.2. The molecule has 6 nitrogen and oxygen atoms in total. The molecule has 0 spiro atoms. The Hall–Kier alpha value is -2.60. The second kappa shape index (κ2) is 8.86. The van der Waals surface area contributed by atoms with Crippen LogP contribution in [-0.4, -0.2) is 46.8 Å². The van der Waals surface area contributed by atoms with E-state index in [0.29, 0.717) is 11.6 Å². The number of amides is 1. The van der Waals surface area contributed by atoms with Crippen LogP contribution < -0.4 is 0 Å². The van der Waals surface area contributed by atoms with Gasteiger partial charge in [-0.1, -0.05) is 29.8 Å². The van der Waals surface area contributed by atoms with Crippen LogP contribution in [0, 0.1) is 13.8 Å². The van der Waals surface area contributed by atoms with Crippen molar-refractivity contribution < 1.29 is 14.3 Å². The van der Waals surface area contributed by atoms with Crippen LogP contribution in [0.5, 0.6) is 0 Å². The average Bonchev–Trinajstić information content (AvgIpc) is 2.87. The van der Waals surface area contributed by atoms with Crippen LogP contribution in [0.4, 0.5) is 0 Å². The number of hydrogen-bond donors (Lipinski definition) is 0. The first-order valence-corrected chi connectivity index (χ1v) is 8.95. The number of hydrogen-bond acceptors (Lipinski definition) is 4. The summed E-state index contributed by atoms with van der Waals surface area (Å²) in [6.07, 6.45) is 2.15. The molecule has 2 aromatic rings. The Morgan fingerprint density at radius 2 is 1.96 bits per heavy atom. The van der Waals surface area contributed by atoms with Gasteiger partial charge < -0.3 is 9.64 Å². The minimum absolute atomic E-state index is 0.267. The van der Waals surface area contributed by atoms with Crippen molar-refractivity contribution in [2.24, 2.45) is 0 Å². The van der Waals surface area contributed by atoms with E-state index in [1.165, 1.54) is 11.0 Å². The summed E-state index contributed by atoms with van der Waals surface area (Å²) in [5.74, 6) is -0.841. The van der Waals surface area contributed by atoms with Gasteiger partial charge in [0.15, 0.2) is 6.10 Å². The van der Waals surface area contributed by atoms with Gasteiger partial charge in [-0.05, 0) is 38.5 Å². The monoisotopic (exact) mass is 389 g/mol. The fourth-order valence-corrected chi connectivity index (χ4v) is 2.87. The van der Waals surface area contributed by atoms with Gasteiger partial charge in [0.25, 0.3) is 5.91 Å². The molecule has 0 radical (unpaired) electrons. The predicted octanol–water partition coefficient (Wildman–Crippen LogP) is 3.23. The van der Waals surface area contributed by atoms with Crippen molar-refractivity contribution in [1.82, 2.24) is 14.7 Å². The number of rotatable bonds is 6. The lowest BCUT2D eigenvalue weighted by Crippen LogP contribution is -2.34. The quantitative estimate of drug-likeness (QED) is 0.562. The van der Waals surface area contributed by atoms with Gasteiger partial charge in [-0.2, -0.15) is 5.10 Å². The first-order chi connectivity index (χ1) is 12.7. The van der Waals surface area contributed by atoms with E-state index in [0.717, 1.165) is 22.5 Å². The van der Waals surface area contributed by atoms with Crippen molar-refractivity contribution in [1.29, 1.82) is 0 Å². The number of aromatic nitrogens is 2. The summed E-state index contributed by atoms with van der Waals surface area (Å²) in [6, 6.07) is 7.61. The molecular weight excluding hydrogens is 366 g/mol. The highest BCUT2D eigenvalue weighted by Gasteiger charge is 2.18. The fourth-order valence-electron chi connectivity index (χ4n) is 2.67. The molecule has 27 heavy (non-hydrogen) atoms. The van der Waals surface area contributed by atoms with Crippen molar-refractivity contribution in [3.05, 3.63) is 57.9 Å². The zero-order valence-corrected chi connectivity index (χ0v) is 16.9. The van der Waals surface area contributed by atoms with Crippen molar-refractivity contribution in [2.75, 3.05) is 14.1 Å². The molecule has 0 saturated heterocycles.